The summed E-state index contributed by atoms with van der Waals surface area (Å²) in [5.41, 5.74) is 1.93. The van der Waals surface area contributed by atoms with Crippen LogP contribution in [0.5, 0.6) is 0 Å². The summed E-state index contributed by atoms with van der Waals surface area (Å²) in [6.07, 6.45) is 1.53. The highest BCUT2D eigenvalue weighted by Crippen LogP contribution is 2.24. The minimum absolute atomic E-state index is 0.119. The zero-order chi connectivity index (χ0) is 21.6. The molecule has 3 aromatic carbocycles. The molecule has 0 aliphatic heterocycles. The monoisotopic (exact) mass is 420 g/mol. The maximum absolute atomic E-state index is 13.0. The molecule has 0 unspecified atom stereocenters. The molecule has 30 heavy (non-hydrogen) atoms. The Kier molecular flexibility index (Phi) is 6.69. The van der Waals surface area contributed by atoms with Crippen LogP contribution >= 0.6 is 0 Å². The third kappa shape index (κ3) is 4.78. The molecular formula is C24H24N2O3S. The molecule has 1 atom stereocenters. The number of hydrogen-bond donors (Lipinski definition) is 1. The number of nitrogens with one attached hydrogen (secondary N) is 1. The van der Waals surface area contributed by atoms with Gasteiger partial charge in [-0.2, -0.15) is 0 Å². The van der Waals surface area contributed by atoms with Crippen molar-refractivity contribution in [3.8, 4) is 0 Å². The Labute approximate surface area is 177 Å². The molecule has 0 aliphatic rings. The van der Waals surface area contributed by atoms with Crippen LogP contribution in [-0.2, 0) is 10.0 Å². The molecule has 0 saturated heterocycles. The van der Waals surface area contributed by atoms with Crippen LogP contribution in [-0.4, -0.2) is 20.9 Å². The summed E-state index contributed by atoms with van der Waals surface area (Å²) in [7, 11) is -3.74. The van der Waals surface area contributed by atoms with E-state index in [0.29, 0.717) is 11.3 Å². The van der Waals surface area contributed by atoms with Crippen molar-refractivity contribution in [3.63, 3.8) is 0 Å². The fourth-order valence-corrected chi connectivity index (χ4v) is 4.52. The number of carbonyl (C=O) groups excluding carboxylic acids is 1. The quantitative estimate of drug-likeness (QED) is 0.543. The van der Waals surface area contributed by atoms with E-state index in [-0.39, 0.29) is 23.4 Å². The van der Waals surface area contributed by atoms with E-state index >= 15 is 0 Å². The van der Waals surface area contributed by atoms with Crippen LogP contribution in [0.3, 0.4) is 0 Å². The second-order valence-corrected chi connectivity index (χ2v) is 8.65. The van der Waals surface area contributed by atoms with Gasteiger partial charge in [0.25, 0.3) is 15.9 Å². The number of carbonyl (C=O) groups is 1. The van der Waals surface area contributed by atoms with E-state index in [1.165, 1.54) is 10.4 Å². The van der Waals surface area contributed by atoms with Gasteiger partial charge >= 0.3 is 0 Å². The molecule has 6 heteroatoms. The van der Waals surface area contributed by atoms with Gasteiger partial charge in [-0.25, -0.2) is 8.42 Å². The highest BCUT2D eigenvalue weighted by atomic mass is 32.2. The first-order valence-corrected chi connectivity index (χ1v) is 11.0. The van der Waals surface area contributed by atoms with Gasteiger partial charge in [-0.05, 0) is 48.9 Å². The second kappa shape index (κ2) is 9.41. The number of nitrogens with zero attached hydrogens (tertiary/aromatic N) is 1. The molecule has 3 aromatic rings. The molecule has 0 saturated carbocycles. The van der Waals surface area contributed by atoms with Crippen molar-refractivity contribution >= 4 is 21.6 Å². The van der Waals surface area contributed by atoms with Crippen LogP contribution < -0.4 is 9.62 Å². The molecule has 1 N–H and O–H groups in total. The van der Waals surface area contributed by atoms with Gasteiger partial charge < -0.3 is 5.32 Å². The lowest BCUT2D eigenvalue weighted by molar-refractivity contribution is 0.0940. The number of benzene rings is 3. The van der Waals surface area contributed by atoms with Crippen molar-refractivity contribution in [2.24, 2.45) is 0 Å². The third-order valence-electron chi connectivity index (χ3n) is 4.69. The molecule has 0 heterocycles. The lowest BCUT2D eigenvalue weighted by Crippen LogP contribution is -2.31. The SMILES string of the molecule is C=CCN(c1ccc(C(=O)N[C@@H](C)c2ccccc2)cc1)S(=O)(=O)c1ccccc1. The summed E-state index contributed by atoms with van der Waals surface area (Å²) in [5.74, 6) is -0.223. The maximum atomic E-state index is 13.0. The molecular weight excluding hydrogens is 396 g/mol. The molecule has 5 nitrogen and oxygen atoms in total. The highest BCUT2D eigenvalue weighted by molar-refractivity contribution is 7.92. The average Bonchev–Trinajstić information content (AvgIpc) is 2.78. The fourth-order valence-electron chi connectivity index (χ4n) is 3.06. The Hall–Kier alpha value is -3.38. The van der Waals surface area contributed by atoms with E-state index in [1.54, 1.807) is 54.6 Å². The molecule has 0 aromatic heterocycles. The van der Waals surface area contributed by atoms with E-state index in [0.717, 1.165) is 5.56 Å². The molecule has 154 valence electrons. The second-order valence-electron chi connectivity index (χ2n) is 6.79. The summed E-state index contributed by atoms with van der Waals surface area (Å²) in [5, 5.41) is 2.96. The summed E-state index contributed by atoms with van der Waals surface area (Å²) >= 11 is 0. The molecule has 0 spiro atoms. The molecule has 0 bridgehead atoms. The topological polar surface area (TPSA) is 66.5 Å². The Bertz CT molecular complexity index is 1100. The molecule has 1 amide bonds. The van der Waals surface area contributed by atoms with Crippen molar-refractivity contribution in [3.05, 3.63) is 109 Å². The number of rotatable bonds is 8. The van der Waals surface area contributed by atoms with Crippen LogP contribution in [0.4, 0.5) is 5.69 Å². The summed E-state index contributed by atoms with van der Waals surface area (Å²) in [4.78, 5) is 12.8. The lowest BCUT2D eigenvalue weighted by Gasteiger charge is -2.23. The number of sulfonamides is 1. The third-order valence-corrected chi connectivity index (χ3v) is 6.50. The van der Waals surface area contributed by atoms with E-state index < -0.39 is 10.0 Å². The van der Waals surface area contributed by atoms with E-state index in [1.807, 2.05) is 37.3 Å². The van der Waals surface area contributed by atoms with Crippen molar-refractivity contribution in [1.29, 1.82) is 0 Å². The largest absolute Gasteiger partial charge is 0.346 e. The zero-order valence-electron chi connectivity index (χ0n) is 16.7. The lowest BCUT2D eigenvalue weighted by atomic mass is 10.1. The van der Waals surface area contributed by atoms with Gasteiger partial charge in [0.15, 0.2) is 0 Å². The van der Waals surface area contributed by atoms with Crippen LogP contribution in [0.1, 0.15) is 28.9 Å². The Morgan fingerprint density at radius 2 is 1.53 bits per heavy atom. The van der Waals surface area contributed by atoms with Gasteiger partial charge in [-0.3, -0.25) is 9.10 Å². The smallest absolute Gasteiger partial charge is 0.264 e. The van der Waals surface area contributed by atoms with Crippen LogP contribution in [0.15, 0.2) is 102 Å². The van der Waals surface area contributed by atoms with Gasteiger partial charge in [0.1, 0.15) is 0 Å². The standard InChI is InChI=1S/C24H24N2O3S/c1-3-18-26(30(28,29)23-12-8-5-9-13-23)22-16-14-21(15-17-22)24(27)25-19(2)20-10-6-4-7-11-20/h3-17,19H,1,18H2,2H3,(H,25,27)/t19-/m0/s1. The van der Waals surface area contributed by atoms with Gasteiger partial charge in [0, 0.05) is 5.56 Å². The first-order chi connectivity index (χ1) is 14.4. The highest BCUT2D eigenvalue weighted by Gasteiger charge is 2.24. The van der Waals surface area contributed by atoms with Gasteiger partial charge in [0.05, 0.1) is 23.2 Å². The predicted octanol–water partition coefficient (Wildman–Crippen LogP) is 4.56. The summed E-state index contributed by atoms with van der Waals surface area (Å²) in [6, 6.07) is 24.3. The number of anilines is 1. The van der Waals surface area contributed by atoms with Crippen molar-refractivity contribution < 1.29 is 13.2 Å². The maximum Gasteiger partial charge on any atom is 0.264 e. The first kappa shape index (κ1) is 21.3. The normalized spacial score (nSPS) is 12.0. The zero-order valence-corrected chi connectivity index (χ0v) is 17.5. The molecule has 0 radical (unpaired) electrons. The van der Waals surface area contributed by atoms with Gasteiger partial charge in [-0.1, -0.05) is 54.6 Å². The van der Waals surface area contributed by atoms with Gasteiger partial charge in [0.2, 0.25) is 0 Å². The predicted molar refractivity (Wildman–Crippen MR) is 120 cm³/mol. The summed E-state index contributed by atoms with van der Waals surface area (Å²) < 4.78 is 27.4. The van der Waals surface area contributed by atoms with E-state index in [4.69, 9.17) is 0 Å². The minimum Gasteiger partial charge on any atom is -0.346 e. The summed E-state index contributed by atoms with van der Waals surface area (Å²) in [6.45, 7) is 5.71. The fraction of sp³-hybridized carbons (Fsp3) is 0.125. The van der Waals surface area contributed by atoms with Crippen LogP contribution in [0, 0.1) is 0 Å². The first-order valence-electron chi connectivity index (χ1n) is 9.58. The van der Waals surface area contributed by atoms with Crippen molar-refractivity contribution in [1.82, 2.24) is 5.32 Å². The van der Waals surface area contributed by atoms with Gasteiger partial charge in [-0.15, -0.1) is 6.58 Å². The molecule has 0 fully saturated rings. The average molecular weight is 421 g/mol. The van der Waals surface area contributed by atoms with Crippen molar-refractivity contribution in [2.75, 3.05) is 10.8 Å². The van der Waals surface area contributed by atoms with Crippen LogP contribution in [0.2, 0.25) is 0 Å². The Balaban J connectivity index is 1.80. The van der Waals surface area contributed by atoms with E-state index in [9.17, 15) is 13.2 Å². The van der Waals surface area contributed by atoms with E-state index in [2.05, 4.69) is 11.9 Å². The minimum atomic E-state index is -3.74. The van der Waals surface area contributed by atoms with Crippen LogP contribution in [0.25, 0.3) is 0 Å². The number of hydrogen-bond acceptors (Lipinski definition) is 3. The number of amides is 1. The Morgan fingerprint density at radius 1 is 0.967 bits per heavy atom. The Morgan fingerprint density at radius 3 is 2.10 bits per heavy atom. The molecule has 3 rings (SSSR count). The van der Waals surface area contributed by atoms with Crippen molar-refractivity contribution in [2.45, 2.75) is 17.9 Å². The molecule has 0 aliphatic carbocycles.